The Hall–Kier alpha value is -3.28. The van der Waals surface area contributed by atoms with E-state index in [9.17, 15) is 4.79 Å². The van der Waals surface area contributed by atoms with Crippen LogP contribution in [0.4, 0.5) is 0 Å². The monoisotopic (exact) mass is 338 g/mol. The highest BCUT2D eigenvalue weighted by molar-refractivity contribution is 5.96. The van der Waals surface area contributed by atoms with Crippen molar-refractivity contribution in [3.05, 3.63) is 59.4 Å². The first-order chi connectivity index (χ1) is 12.1. The van der Waals surface area contributed by atoms with E-state index in [1.54, 1.807) is 32.6 Å². The first kappa shape index (κ1) is 16.6. The zero-order valence-electron chi connectivity index (χ0n) is 14.2. The number of rotatable bonds is 5. The van der Waals surface area contributed by atoms with Gasteiger partial charge in [0, 0.05) is 10.9 Å². The molecular weight excluding hydrogens is 320 g/mol. The Morgan fingerprint density at radius 3 is 2.56 bits per heavy atom. The summed E-state index contributed by atoms with van der Waals surface area (Å²) in [6, 6.07) is 12.8. The molecule has 3 aromatic rings. The number of benzene rings is 2. The van der Waals surface area contributed by atoms with Gasteiger partial charge in [0.05, 0.1) is 20.4 Å². The third-order valence-corrected chi connectivity index (χ3v) is 3.79. The van der Waals surface area contributed by atoms with Gasteiger partial charge in [0.2, 0.25) is 0 Å². The lowest BCUT2D eigenvalue weighted by Crippen LogP contribution is -2.16. The molecule has 0 bridgehead atoms. The molecule has 0 radical (unpaired) electrons. The van der Waals surface area contributed by atoms with Crippen molar-refractivity contribution < 1.29 is 18.7 Å². The molecule has 0 aliphatic rings. The van der Waals surface area contributed by atoms with Gasteiger partial charge in [-0.1, -0.05) is 18.2 Å². The number of fused-ring (bicyclic) bond motifs is 1. The quantitative estimate of drug-likeness (QED) is 0.571. The zero-order chi connectivity index (χ0) is 17.8. The number of carbonyl (C=O) groups is 1. The lowest BCUT2D eigenvalue weighted by molar-refractivity contribution is 0.0929. The molecule has 0 saturated carbocycles. The fourth-order valence-corrected chi connectivity index (χ4v) is 2.44. The Balaban J connectivity index is 1.75. The molecule has 1 amide bonds. The van der Waals surface area contributed by atoms with E-state index in [2.05, 4.69) is 10.5 Å². The lowest BCUT2D eigenvalue weighted by atomic mass is 10.1. The second-order valence-electron chi connectivity index (χ2n) is 5.41. The summed E-state index contributed by atoms with van der Waals surface area (Å²) in [5.41, 5.74) is 4.88. The number of hydrogen-bond acceptors (Lipinski definition) is 5. The summed E-state index contributed by atoms with van der Waals surface area (Å²) in [6.45, 7) is 1.92. The fraction of sp³-hybridized carbons (Fsp3) is 0.158. The van der Waals surface area contributed by atoms with Crippen LogP contribution in [0.1, 0.15) is 21.7 Å². The topological polar surface area (TPSA) is 73.1 Å². The number of hydrazone groups is 1. The number of para-hydroxylation sites is 1. The molecule has 0 spiro atoms. The van der Waals surface area contributed by atoms with Crippen LogP contribution in [-0.2, 0) is 0 Å². The van der Waals surface area contributed by atoms with Crippen molar-refractivity contribution >= 4 is 23.1 Å². The summed E-state index contributed by atoms with van der Waals surface area (Å²) < 4.78 is 16.0. The van der Waals surface area contributed by atoms with Crippen molar-refractivity contribution in [1.29, 1.82) is 0 Å². The maximum Gasteiger partial charge on any atom is 0.307 e. The number of hydrogen-bond donors (Lipinski definition) is 1. The number of furan rings is 1. The van der Waals surface area contributed by atoms with E-state index in [1.807, 2.05) is 37.3 Å². The van der Waals surface area contributed by atoms with E-state index in [-0.39, 0.29) is 5.76 Å². The molecule has 6 nitrogen and oxygen atoms in total. The van der Waals surface area contributed by atoms with Gasteiger partial charge < -0.3 is 13.9 Å². The van der Waals surface area contributed by atoms with Gasteiger partial charge >= 0.3 is 5.91 Å². The second-order valence-corrected chi connectivity index (χ2v) is 5.41. The summed E-state index contributed by atoms with van der Waals surface area (Å²) in [5, 5.41) is 4.87. The minimum Gasteiger partial charge on any atom is -0.493 e. The molecule has 0 atom stereocenters. The Morgan fingerprint density at radius 2 is 1.84 bits per heavy atom. The maximum absolute atomic E-state index is 12.1. The predicted molar refractivity (Wildman–Crippen MR) is 95.6 cm³/mol. The van der Waals surface area contributed by atoms with Crippen LogP contribution in [0.5, 0.6) is 11.5 Å². The summed E-state index contributed by atoms with van der Waals surface area (Å²) in [5.74, 6) is 1.04. The molecule has 0 fully saturated rings. The highest BCUT2D eigenvalue weighted by Gasteiger charge is 2.11. The first-order valence-corrected chi connectivity index (χ1v) is 7.67. The predicted octanol–water partition coefficient (Wildman–Crippen LogP) is 3.52. The molecule has 1 aromatic heterocycles. The lowest BCUT2D eigenvalue weighted by Gasteiger charge is -2.10. The molecule has 2 aromatic carbocycles. The minimum atomic E-state index is -0.412. The molecular formula is C19H18N2O4. The molecule has 0 aliphatic heterocycles. The van der Waals surface area contributed by atoms with Crippen LogP contribution in [0.15, 0.2) is 52.0 Å². The van der Waals surface area contributed by atoms with E-state index in [4.69, 9.17) is 13.9 Å². The Morgan fingerprint density at radius 1 is 1.12 bits per heavy atom. The van der Waals surface area contributed by atoms with Crippen LogP contribution in [0.2, 0.25) is 0 Å². The van der Waals surface area contributed by atoms with Crippen LogP contribution in [0.25, 0.3) is 11.0 Å². The van der Waals surface area contributed by atoms with Gasteiger partial charge in [-0.05, 0) is 36.8 Å². The van der Waals surface area contributed by atoms with Crippen molar-refractivity contribution in [1.82, 2.24) is 5.43 Å². The van der Waals surface area contributed by atoms with Crippen molar-refractivity contribution in [3.63, 3.8) is 0 Å². The van der Waals surface area contributed by atoms with E-state index in [0.29, 0.717) is 17.1 Å². The molecule has 1 N–H and O–H groups in total. The molecule has 3 rings (SSSR count). The molecule has 1 heterocycles. The molecule has 25 heavy (non-hydrogen) atoms. The normalized spacial score (nSPS) is 11.0. The van der Waals surface area contributed by atoms with Crippen LogP contribution in [0.3, 0.4) is 0 Å². The number of carbonyl (C=O) groups excluding carboxylic acids is 1. The average Bonchev–Trinajstić information content (AvgIpc) is 3.06. The Kier molecular flexibility index (Phi) is 4.70. The van der Waals surface area contributed by atoms with Crippen molar-refractivity contribution in [2.24, 2.45) is 5.10 Å². The second kappa shape index (κ2) is 7.09. The van der Waals surface area contributed by atoms with Crippen molar-refractivity contribution in [2.45, 2.75) is 6.92 Å². The van der Waals surface area contributed by atoms with Gasteiger partial charge in [0.25, 0.3) is 0 Å². The van der Waals surface area contributed by atoms with Crippen LogP contribution < -0.4 is 14.9 Å². The zero-order valence-corrected chi connectivity index (χ0v) is 14.2. The van der Waals surface area contributed by atoms with E-state index in [1.165, 1.54) is 0 Å². The minimum absolute atomic E-state index is 0.211. The Labute approximate surface area is 145 Å². The van der Waals surface area contributed by atoms with Crippen LogP contribution in [-0.4, -0.2) is 26.3 Å². The summed E-state index contributed by atoms with van der Waals surface area (Å²) in [4.78, 5) is 12.1. The molecule has 128 valence electrons. The van der Waals surface area contributed by atoms with Gasteiger partial charge in [-0.2, -0.15) is 5.10 Å². The number of methoxy groups -OCH3 is 2. The van der Waals surface area contributed by atoms with Gasteiger partial charge in [-0.15, -0.1) is 0 Å². The van der Waals surface area contributed by atoms with Crippen molar-refractivity contribution in [2.75, 3.05) is 14.2 Å². The summed E-state index contributed by atoms with van der Waals surface area (Å²) >= 11 is 0. The van der Waals surface area contributed by atoms with Crippen LogP contribution >= 0.6 is 0 Å². The molecule has 0 saturated heterocycles. The van der Waals surface area contributed by atoms with Gasteiger partial charge in [0.1, 0.15) is 5.58 Å². The molecule has 0 aliphatic carbocycles. The molecule has 0 unspecified atom stereocenters. The Bertz CT molecular complexity index is 911. The van der Waals surface area contributed by atoms with Gasteiger partial charge in [0.15, 0.2) is 17.3 Å². The van der Waals surface area contributed by atoms with Crippen LogP contribution in [0, 0.1) is 6.92 Å². The van der Waals surface area contributed by atoms with E-state index < -0.39 is 5.91 Å². The smallest absolute Gasteiger partial charge is 0.307 e. The van der Waals surface area contributed by atoms with E-state index in [0.717, 1.165) is 16.5 Å². The van der Waals surface area contributed by atoms with Gasteiger partial charge in [-0.25, -0.2) is 5.43 Å². The summed E-state index contributed by atoms with van der Waals surface area (Å²) in [6.07, 6.45) is 1.55. The number of nitrogens with one attached hydrogen (secondary N) is 1. The highest BCUT2D eigenvalue weighted by Crippen LogP contribution is 2.29. The van der Waals surface area contributed by atoms with Crippen molar-refractivity contribution in [3.8, 4) is 11.5 Å². The number of amides is 1. The average molecular weight is 338 g/mol. The van der Waals surface area contributed by atoms with E-state index >= 15 is 0 Å². The number of nitrogens with zero attached hydrogens (tertiary/aromatic N) is 1. The van der Waals surface area contributed by atoms with Gasteiger partial charge in [-0.3, -0.25) is 4.79 Å². The number of aryl methyl sites for hydroxylation is 1. The number of ether oxygens (including phenoxy) is 2. The largest absolute Gasteiger partial charge is 0.493 e. The standard InChI is InChI=1S/C19H18N2O4/c1-12-8-16(23-2)17(24-3)10-14(12)11-20-21-19(22)18-9-13-6-4-5-7-15(13)25-18/h4-11H,1-3H3,(H,21,22). The summed E-state index contributed by atoms with van der Waals surface area (Å²) in [7, 11) is 3.15. The fourth-order valence-electron chi connectivity index (χ4n) is 2.44. The SMILES string of the molecule is COc1cc(C)c(C=NNC(=O)c2cc3ccccc3o2)cc1OC. The maximum atomic E-state index is 12.1. The first-order valence-electron chi connectivity index (χ1n) is 7.67. The third-order valence-electron chi connectivity index (χ3n) is 3.79. The molecule has 6 heteroatoms. The highest BCUT2D eigenvalue weighted by atomic mass is 16.5. The third kappa shape index (κ3) is 3.47.